The lowest BCUT2D eigenvalue weighted by Crippen LogP contribution is -2.24. The number of benzene rings is 1. The first-order valence-electron chi connectivity index (χ1n) is 5.10. The molecule has 3 nitrogen and oxygen atoms in total. The Balaban J connectivity index is 2.56. The van der Waals surface area contributed by atoms with Gasteiger partial charge < -0.3 is 15.8 Å². The van der Waals surface area contributed by atoms with Crippen LogP contribution in [0.25, 0.3) is 0 Å². The lowest BCUT2D eigenvalue weighted by molar-refractivity contribution is 0.340. The third-order valence-electron chi connectivity index (χ3n) is 2.03. The van der Waals surface area contributed by atoms with Gasteiger partial charge in [-0.3, -0.25) is 0 Å². The first kappa shape index (κ1) is 12.3. The number of ether oxygens (including phenoxy) is 1. The summed E-state index contributed by atoms with van der Waals surface area (Å²) in [4.78, 5) is 0. The topological polar surface area (TPSA) is 47.3 Å². The van der Waals surface area contributed by atoms with Gasteiger partial charge in [0.25, 0.3) is 0 Å². The minimum absolute atomic E-state index is 0.505. The SMILES string of the molecule is CCOc1ccc(CCNCN)cc1Cl. The molecule has 0 atom stereocenters. The van der Waals surface area contributed by atoms with Gasteiger partial charge in [0.1, 0.15) is 5.75 Å². The highest BCUT2D eigenvalue weighted by Gasteiger charge is 2.01. The van der Waals surface area contributed by atoms with E-state index in [0.717, 1.165) is 18.7 Å². The molecule has 0 bridgehead atoms. The minimum Gasteiger partial charge on any atom is -0.492 e. The van der Waals surface area contributed by atoms with Crippen molar-refractivity contribution in [2.45, 2.75) is 13.3 Å². The molecule has 0 aromatic heterocycles. The van der Waals surface area contributed by atoms with Crippen molar-refractivity contribution in [1.29, 1.82) is 0 Å². The van der Waals surface area contributed by atoms with Crippen LogP contribution in [0.4, 0.5) is 0 Å². The van der Waals surface area contributed by atoms with Crippen molar-refractivity contribution >= 4 is 11.6 Å². The number of nitrogens with two attached hydrogens (primary N) is 1. The molecule has 0 aliphatic heterocycles. The Morgan fingerprint density at radius 2 is 2.27 bits per heavy atom. The van der Waals surface area contributed by atoms with Crippen molar-refractivity contribution in [3.05, 3.63) is 28.8 Å². The number of rotatable bonds is 6. The van der Waals surface area contributed by atoms with Crippen LogP contribution in [0.2, 0.25) is 5.02 Å². The maximum absolute atomic E-state index is 6.05. The summed E-state index contributed by atoms with van der Waals surface area (Å²) in [5, 5.41) is 3.73. The molecule has 0 heterocycles. The van der Waals surface area contributed by atoms with E-state index in [0.29, 0.717) is 18.3 Å². The van der Waals surface area contributed by atoms with Gasteiger partial charge in [-0.05, 0) is 31.0 Å². The van der Waals surface area contributed by atoms with Gasteiger partial charge in [0.2, 0.25) is 0 Å². The lowest BCUT2D eigenvalue weighted by Gasteiger charge is -2.07. The lowest BCUT2D eigenvalue weighted by atomic mass is 10.1. The molecule has 0 aliphatic rings. The van der Waals surface area contributed by atoms with Gasteiger partial charge in [-0.1, -0.05) is 17.7 Å². The highest BCUT2D eigenvalue weighted by Crippen LogP contribution is 2.25. The maximum atomic E-state index is 6.05. The summed E-state index contributed by atoms with van der Waals surface area (Å²) in [6, 6.07) is 5.86. The summed E-state index contributed by atoms with van der Waals surface area (Å²) in [7, 11) is 0. The van der Waals surface area contributed by atoms with Crippen LogP contribution in [0.3, 0.4) is 0 Å². The average molecular weight is 229 g/mol. The number of hydrogen-bond acceptors (Lipinski definition) is 3. The van der Waals surface area contributed by atoms with Crippen LogP contribution >= 0.6 is 11.6 Å². The Morgan fingerprint density at radius 1 is 1.47 bits per heavy atom. The van der Waals surface area contributed by atoms with E-state index in [1.54, 1.807) is 0 Å². The van der Waals surface area contributed by atoms with E-state index < -0.39 is 0 Å². The zero-order chi connectivity index (χ0) is 11.1. The van der Waals surface area contributed by atoms with Gasteiger partial charge in [0, 0.05) is 13.2 Å². The Morgan fingerprint density at radius 3 is 2.87 bits per heavy atom. The molecule has 1 aromatic carbocycles. The molecule has 0 spiro atoms. The Hall–Kier alpha value is -0.770. The van der Waals surface area contributed by atoms with Crippen molar-refractivity contribution in [2.75, 3.05) is 19.8 Å². The summed E-state index contributed by atoms with van der Waals surface area (Å²) < 4.78 is 5.35. The molecule has 1 aromatic rings. The summed E-state index contributed by atoms with van der Waals surface area (Å²) >= 11 is 6.05. The van der Waals surface area contributed by atoms with Gasteiger partial charge in [-0.2, -0.15) is 0 Å². The molecule has 1 rings (SSSR count). The van der Waals surface area contributed by atoms with Crippen molar-refractivity contribution in [3.63, 3.8) is 0 Å². The molecule has 0 saturated carbocycles. The van der Waals surface area contributed by atoms with Crippen LogP contribution in [0, 0.1) is 0 Å². The van der Waals surface area contributed by atoms with Crippen molar-refractivity contribution in [1.82, 2.24) is 5.32 Å². The molecule has 84 valence electrons. The smallest absolute Gasteiger partial charge is 0.137 e. The van der Waals surface area contributed by atoms with E-state index in [9.17, 15) is 0 Å². The zero-order valence-electron chi connectivity index (χ0n) is 8.92. The van der Waals surface area contributed by atoms with Gasteiger partial charge in [0.15, 0.2) is 0 Å². The molecule has 15 heavy (non-hydrogen) atoms. The molecular formula is C11H17ClN2O. The fourth-order valence-corrected chi connectivity index (χ4v) is 1.56. The molecule has 3 N–H and O–H groups in total. The molecule has 0 aliphatic carbocycles. The number of hydrogen-bond donors (Lipinski definition) is 2. The van der Waals surface area contributed by atoms with E-state index in [-0.39, 0.29) is 0 Å². The monoisotopic (exact) mass is 228 g/mol. The van der Waals surface area contributed by atoms with Crippen LogP contribution in [0.1, 0.15) is 12.5 Å². The first-order valence-corrected chi connectivity index (χ1v) is 5.47. The Bertz CT molecular complexity index is 305. The van der Waals surface area contributed by atoms with Gasteiger partial charge >= 0.3 is 0 Å². The maximum Gasteiger partial charge on any atom is 0.137 e. The fourth-order valence-electron chi connectivity index (χ4n) is 1.31. The number of nitrogens with one attached hydrogen (secondary N) is 1. The largest absolute Gasteiger partial charge is 0.492 e. The third-order valence-corrected chi connectivity index (χ3v) is 2.33. The van der Waals surface area contributed by atoms with E-state index in [1.165, 1.54) is 5.56 Å². The van der Waals surface area contributed by atoms with Crippen LogP contribution in [0.15, 0.2) is 18.2 Å². The molecule has 0 amide bonds. The predicted molar refractivity (Wildman–Crippen MR) is 63.4 cm³/mol. The average Bonchev–Trinajstić information content (AvgIpc) is 2.23. The summed E-state index contributed by atoms with van der Waals surface area (Å²) in [5.41, 5.74) is 6.51. The van der Waals surface area contributed by atoms with Crippen LogP contribution in [-0.2, 0) is 6.42 Å². The Kier molecular flexibility index (Phi) is 5.47. The highest BCUT2D eigenvalue weighted by molar-refractivity contribution is 6.32. The number of halogens is 1. The van der Waals surface area contributed by atoms with Crippen LogP contribution in [-0.4, -0.2) is 19.8 Å². The standard InChI is InChI=1S/C11H17ClN2O/c1-2-15-11-4-3-9(7-10(11)12)5-6-14-8-13/h3-4,7,14H,2,5-6,8,13H2,1H3. The molecule has 0 saturated heterocycles. The van der Waals surface area contributed by atoms with Gasteiger partial charge in [0.05, 0.1) is 11.6 Å². The zero-order valence-corrected chi connectivity index (χ0v) is 9.68. The molecule has 0 unspecified atom stereocenters. The molecule has 4 heteroatoms. The van der Waals surface area contributed by atoms with E-state index in [1.807, 2.05) is 25.1 Å². The highest BCUT2D eigenvalue weighted by atomic mass is 35.5. The van der Waals surface area contributed by atoms with E-state index in [4.69, 9.17) is 22.1 Å². The van der Waals surface area contributed by atoms with E-state index >= 15 is 0 Å². The third kappa shape index (κ3) is 4.08. The Labute approximate surface area is 95.6 Å². The van der Waals surface area contributed by atoms with Crippen LogP contribution in [0.5, 0.6) is 5.75 Å². The van der Waals surface area contributed by atoms with Crippen molar-refractivity contribution in [2.24, 2.45) is 5.73 Å². The van der Waals surface area contributed by atoms with Crippen molar-refractivity contribution < 1.29 is 4.74 Å². The predicted octanol–water partition coefficient (Wildman–Crippen LogP) is 1.79. The van der Waals surface area contributed by atoms with Crippen molar-refractivity contribution in [3.8, 4) is 5.75 Å². The summed E-state index contributed by atoms with van der Waals surface area (Å²) in [5.74, 6) is 0.745. The molecule has 0 fully saturated rings. The second-order valence-electron chi connectivity index (χ2n) is 3.15. The van der Waals surface area contributed by atoms with Gasteiger partial charge in [-0.15, -0.1) is 0 Å². The molecule has 0 radical (unpaired) electrons. The quantitative estimate of drug-likeness (QED) is 0.577. The normalized spacial score (nSPS) is 10.3. The van der Waals surface area contributed by atoms with Crippen LogP contribution < -0.4 is 15.8 Å². The summed E-state index contributed by atoms with van der Waals surface area (Å²) in [6.45, 7) is 3.94. The fraction of sp³-hybridized carbons (Fsp3) is 0.455. The minimum atomic E-state index is 0.505. The summed E-state index contributed by atoms with van der Waals surface area (Å²) in [6.07, 6.45) is 0.920. The second kappa shape index (κ2) is 6.67. The first-order chi connectivity index (χ1) is 7.27. The molecular weight excluding hydrogens is 212 g/mol. The van der Waals surface area contributed by atoms with E-state index in [2.05, 4.69) is 5.32 Å². The second-order valence-corrected chi connectivity index (χ2v) is 3.56. The van der Waals surface area contributed by atoms with Gasteiger partial charge in [-0.25, -0.2) is 0 Å².